The van der Waals surface area contributed by atoms with Crippen molar-refractivity contribution in [2.75, 3.05) is 31.6 Å². The molecule has 1 fully saturated rings. The number of sulfonamides is 1. The van der Waals surface area contributed by atoms with Crippen molar-refractivity contribution in [1.82, 2.24) is 9.73 Å². The molecule has 144 valence electrons. The number of hydrazone groups is 1. The summed E-state index contributed by atoms with van der Waals surface area (Å²) in [4.78, 5) is 0.260. The van der Waals surface area contributed by atoms with E-state index in [0.717, 1.165) is 12.8 Å². The van der Waals surface area contributed by atoms with Gasteiger partial charge in [-0.1, -0.05) is 13.8 Å². The van der Waals surface area contributed by atoms with Crippen molar-refractivity contribution in [3.05, 3.63) is 24.3 Å². The molecule has 1 aromatic carbocycles. The monoisotopic (exact) mass is 398 g/mol. The first-order valence-corrected chi connectivity index (χ1v) is 10.6. The maximum Gasteiger partial charge on any atom is 0.243 e. The molecule has 0 aromatic heterocycles. The Balaban J connectivity index is 1.93. The number of morpholine rings is 1. The first kappa shape index (κ1) is 20.8. The Morgan fingerprint density at radius 3 is 2.46 bits per heavy atom. The summed E-state index contributed by atoms with van der Waals surface area (Å²) in [5.74, 6) is 0.426. The predicted molar refractivity (Wildman–Crippen MR) is 108 cm³/mol. The van der Waals surface area contributed by atoms with Crippen LogP contribution in [-0.2, 0) is 14.8 Å². The molecule has 0 radical (unpaired) electrons. The summed E-state index contributed by atoms with van der Waals surface area (Å²) in [6, 6.07) is 6.52. The van der Waals surface area contributed by atoms with Gasteiger partial charge in [-0.05, 0) is 55.2 Å². The topological polar surface area (TPSA) is 83.0 Å². The number of nitrogens with zero attached hydrogens (tertiary/aromatic N) is 2. The highest BCUT2D eigenvalue weighted by Crippen LogP contribution is 2.19. The minimum atomic E-state index is -3.48. The zero-order valence-corrected chi connectivity index (χ0v) is 16.8. The maximum absolute atomic E-state index is 12.6. The van der Waals surface area contributed by atoms with Crippen molar-refractivity contribution < 1.29 is 13.2 Å². The largest absolute Gasteiger partial charge is 0.379 e. The van der Waals surface area contributed by atoms with E-state index in [1.807, 2.05) is 6.21 Å². The van der Waals surface area contributed by atoms with Gasteiger partial charge in [0.05, 0.1) is 18.1 Å². The number of rotatable bonds is 7. The second-order valence-corrected chi connectivity index (χ2v) is 8.31. The fourth-order valence-electron chi connectivity index (χ4n) is 2.51. The molecule has 0 saturated carbocycles. The first-order valence-electron chi connectivity index (χ1n) is 8.75. The molecule has 0 unspecified atom stereocenters. The first-order chi connectivity index (χ1) is 12.5. The lowest BCUT2D eigenvalue weighted by atomic mass is 10.1. The molecule has 0 aliphatic carbocycles. The van der Waals surface area contributed by atoms with Gasteiger partial charge >= 0.3 is 0 Å². The molecular formula is C17H26N4O3S2. The van der Waals surface area contributed by atoms with E-state index in [-0.39, 0.29) is 4.90 Å². The van der Waals surface area contributed by atoms with Crippen LogP contribution in [0.4, 0.5) is 5.69 Å². The van der Waals surface area contributed by atoms with Crippen LogP contribution < -0.4 is 10.7 Å². The van der Waals surface area contributed by atoms with Gasteiger partial charge in [0.25, 0.3) is 0 Å². The summed E-state index contributed by atoms with van der Waals surface area (Å²) < 4.78 is 31.8. The Hall–Kier alpha value is -1.55. The zero-order chi connectivity index (χ0) is 19.0. The van der Waals surface area contributed by atoms with Crippen molar-refractivity contribution >= 4 is 39.3 Å². The van der Waals surface area contributed by atoms with E-state index in [2.05, 4.69) is 29.7 Å². The molecule has 2 rings (SSSR count). The second kappa shape index (κ2) is 9.96. The van der Waals surface area contributed by atoms with E-state index in [4.69, 9.17) is 17.0 Å². The van der Waals surface area contributed by atoms with E-state index < -0.39 is 10.0 Å². The molecule has 0 amide bonds. The Labute approximate surface area is 160 Å². The third kappa shape index (κ3) is 5.73. The molecule has 1 aliphatic heterocycles. The summed E-state index contributed by atoms with van der Waals surface area (Å²) in [5, 5.41) is 7.48. The van der Waals surface area contributed by atoms with Crippen molar-refractivity contribution in [1.29, 1.82) is 0 Å². The zero-order valence-electron chi connectivity index (χ0n) is 15.1. The molecule has 0 spiro atoms. The lowest BCUT2D eigenvalue weighted by Gasteiger charge is -2.26. The predicted octanol–water partition coefficient (Wildman–Crippen LogP) is 2.42. The molecule has 0 bridgehead atoms. The van der Waals surface area contributed by atoms with Crippen LogP contribution in [0.25, 0.3) is 0 Å². The highest BCUT2D eigenvalue weighted by molar-refractivity contribution is 7.89. The third-order valence-electron chi connectivity index (χ3n) is 4.22. The van der Waals surface area contributed by atoms with Gasteiger partial charge in [-0.15, -0.1) is 0 Å². The van der Waals surface area contributed by atoms with Crippen LogP contribution >= 0.6 is 12.2 Å². The number of ether oxygens (including phenoxy) is 1. The smallest absolute Gasteiger partial charge is 0.243 e. The molecule has 1 heterocycles. The summed E-state index contributed by atoms with van der Waals surface area (Å²) >= 11 is 5.19. The van der Waals surface area contributed by atoms with E-state index in [1.54, 1.807) is 24.3 Å². The van der Waals surface area contributed by atoms with Crippen LogP contribution in [-0.4, -0.2) is 50.4 Å². The van der Waals surface area contributed by atoms with E-state index in [0.29, 0.717) is 43.0 Å². The van der Waals surface area contributed by atoms with E-state index in [1.165, 1.54) is 4.31 Å². The van der Waals surface area contributed by atoms with Crippen LogP contribution in [0.3, 0.4) is 0 Å². The molecule has 26 heavy (non-hydrogen) atoms. The van der Waals surface area contributed by atoms with Crippen LogP contribution in [0.5, 0.6) is 0 Å². The van der Waals surface area contributed by atoms with E-state index >= 15 is 0 Å². The quantitative estimate of drug-likeness (QED) is 0.417. The van der Waals surface area contributed by atoms with Gasteiger partial charge in [-0.25, -0.2) is 8.42 Å². The fraction of sp³-hybridized carbons (Fsp3) is 0.529. The Morgan fingerprint density at radius 1 is 1.27 bits per heavy atom. The van der Waals surface area contributed by atoms with Crippen molar-refractivity contribution in [3.63, 3.8) is 0 Å². The average Bonchev–Trinajstić information content (AvgIpc) is 2.66. The Kier molecular flexibility index (Phi) is 7.95. The summed E-state index contributed by atoms with van der Waals surface area (Å²) in [7, 11) is -3.48. The number of hydrogen-bond donors (Lipinski definition) is 2. The summed E-state index contributed by atoms with van der Waals surface area (Å²) in [5.41, 5.74) is 3.47. The minimum Gasteiger partial charge on any atom is -0.379 e. The van der Waals surface area contributed by atoms with Gasteiger partial charge in [-0.3, -0.25) is 5.43 Å². The third-order valence-corrected chi connectivity index (χ3v) is 6.33. The molecule has 2 N–H and O–H groups in total. The Morgan fingerprint density at radius 2 is 1.88 bits per heavy atom. The number of thiocarbonyl (C=S) groups is 1. The SMILES string of the molecule is CCC(/C=N\NC(=S)Nc1ccc(S(=O)(=O)N2CCOCC2)cc1)CC. The molecule has 7 nitrogen and oxygen atoms in total. The van der Waals surface area contributed by atoms with Crippen LogP contribution in [0.15, 0.2) is 34.3 Å². The Bertz CT molecular complexity index is 710. The van der Waals surface area contributed by atoms with Gasteiger partial charge in [-0.2, -0.15) is 9.41 Å². The standard InChI is InChI=1S/C17H26N4O3S2/c1-3-14(4-2)13-18-20-17(25)19-15-5-7-16(8-6-15)26(22,23)21-9-11-24-12-10-21/h5-8,13-14H,3-4,9-12H2,1-2H3,(H2,19,20,25)/b18-13-. The van der Waals surface area contributed by atoms with Gasteiger partial charge < -0.3 is 10.1 Å². The second-order valence-electron chi connectivity index (χ2n) is 5.96. The number of nitrogens with one attached hydrogen (secondary N) is 2. The fourth-order valence-corrected chi connectivity index (χ4v) is 4.08. The van der Waals surface area contributed by atoms with Gasteiger partial charge in [0.15, 0.2) is 5.11 Å². The molecule has 1 saturated heterocycles. The average molecular weight is 399 g/mol. The minimum absolute atomic E-state index is 0.260. The van der Waals surface area contributed by atoms with Crippen LogP contribution in [0.1, 0.15) is 26.7 Å². The molecule has 1 aromatic rings. The molecule has 1 aliphatic rings. The van der Waals surface area contributed by atoms with Crippen molar-refractivity contribution in [2.24, 2.45) is 11.0 Å². The molecule has 0 atom stereocenters. The lowest BCUT2D eigenvalue weighted by molar-refractivity contribution is 0.0730. The van der Waals surface area contributed by atoms with Gasteiger partial charge in [0.1, 0.15) is 0 Å². The summed E-state index contributed by atoms with van der Waals surface area (Å²) in [6.45, 7) is 5.84. The van der Waals surface area contributed by atoms with Gasteiger partial charge in [0, 0.05) is 25.0 Å². The van der Waals surface area contributed by atoms with Gasteiger partial charge in [0.2, 0.25) is 10.0 Å². The normalized spacial score (nSPS) is 16.1. The lowest BCUT2D eigenvalue weighted by Crippen LogP contribution is -2.40. The highest BCUT2D eigenvalue weighted by atomic mass is 32.2. The van der Waals surface area contributed by atoms with Crippen LogP contribution in [0.2, 0.25) is 0 Å². The maximum atomic E-state index is 12.6. The van der Waals surface area contributed by atoms with E-state index in [9.17, 15) is 8.42 Å². The highest BCUT2D eigenvalue weighted by Gasteiger charge is 2.26. The van der Waals surface area contributed by atoms with Crippen molar-refractivity contribution in [3.8, 4) is 0 Å². The molecular weight excluding hydrogens is 372 g/mol. The number of benzene rings is 1. The summed E-state index contributed by atoms with van der Waals surface area (Å²) in [6.07, 6.45) is 3.91. The van der Waals surface area contributed by atoms with Crippen molar-refractivity contribution in [2.45, 2.75) is 31.6 Å². The number of hydrogen-bond acceptors (Lipinski definition) is 5. The number of anilines is 1. The van der Waals surface area contributed by atoms with Crippen LogP contribution in [0, 0.1) is 5.92 Å². The molecule has 9 heteroatoms.